The van der Waals surface area contributed by atoms with Crippen molar-refractivity contribution in [3.8, 4) is 0 Å². The van der Waals surface area contributed by atoms with Gasteiger partial charge in [-0.3, -0.25) is 14.4 Å². The Morgan fingerprint density at radius 1 is 1.08 bits per heavy atom. The molecule has 3 N–H and O–H groups in total. The van der Waals surface area contributed by atoms with E-state index in [0.29, 0.717) is 22.7 Å². The summed E-state index contributed by atoms with van der Waals surface area (Å²) >= 11 is 0. The van der Waals surface area contributed by atoms with Crippen molar-refractivity contribution in [2.45, 2.75) is 6.92 Å². The number of hydrogen-bond acceptors (Lipinski definition) is 6. The van der Waals surface area contributed by atoms with Crippen LogP contribution < -0.4 is 16.0 Å². The van der Waals surface area contributed by atoms with Crippen LogP contribution in [0.15, 0.2) is 45.4 Å². The highest BCUT2D eigenvalue weighted by molar-refractivity contribution is 5.97. The van der Waals surface area contributed by atoms with Crippen molar-refractivity contribution in [2.75, 3.05) is 18.4 Å². The Hall–Kier alpha value is -3.62. The molecule has 0 aliphatic carbocycles. The number of fused-ring (bicyclic) bond motifs is 1. The first-order chi connectivity index (χ1) is 12.5. The molecule has 0 spiro atoms. The van der Waals surface area contributed by atoms with E-state index in [2.05, 4.69) is 20.9 Å². The van der Waals surface area contributed by atoms with Crippen LogP contribution in [0.2, 0.25) is 0 Å². The average Bonchev–Trinajstić information content (AvgIpc) is 3.26. The van der Waals surface area contributed by atoms with E-state index >= 15 is 0 Å². The highest BCUT2D eigenvalue weighted by Crippen LogP contribution is 2.19. The van der Waals surface area contributed by atoms with E-state index in [0.717, 1.165) is 0 Å². The second kappa shape index (κ2) is 7.51. The number of carbonyl (C=O) groups is 3. The Balaban J connectivity index is 1.44. The number of amides is 3. The van der Waals surface area contributed by atoms with Gasteiger partial charge in [0, 0.05) is 12.6 Å². The Kier molecular flexibility index (Phi) is 4.97. The fraction of sp³-hybridized carbons (Fsp3) is 0.176. The van der Waals surface area contributed by atoms with Gasteiger partial charge in [-0.2, -0.15) is 0 Å². The lowest BCUT2D eigenvalue weighted by Gasteiger charge is -2.07. The van der Waals surface area contributed by atoms with Gasteiger partial charge >= 0.3 is 0 Å². The molecule has 3 rings (SSSR count). The smallest absolute Gasteiger partial charge is 0.287 e. The molecule has 0 radical (unpaired) electrons. The molecule has 0 fully saturated rings. The molecule has 0 saturated heterocycles. The molecule has 0 atom stereocenters. The number of aryl methyl sites for hydroxylation is 1. The van der Waals surface area contributed by atoms with Crippen LogP contribution in [0.5, 0.6) is 0 Å². The van der Waals surface area contributed by atoms with E-state index in [4.69, 9.17) is 8.83 Å². The summed E-state index contributed by atoms with van der Waals surface area (Å²) in [6.07, 6.45) is 1.36. The highest BCUT2D eigenvalue weighted by Gasteiger charge is 2.11. The van der Waals surface area contributed by atoms with E-state index in [1.54, 1.807) is 31.2 Å². The summed E-state index contributed by atoms with van der Waals surface area (Å²) in [5.41, 5.74) is 1.79. The molecule has 0 aliphatic rings. The van der Waals surface area contributed by atoms with Gasteiger partial charge in [-0.25, -0.2) is 4.98 Å². The number of benzene rings is 1. The van der Waals surface area contributed by atoms with Gasteiger partial charge in [0.1, 0.15) is 5.52 Å². The number of aromatic nitrogens is 1. The summed E-state index contributed by atoms with van der Waals surface area (Å²) in [7, 11) is 0. The van der Waals surface area contributed by atoms with Crippen molar-refractivity contribution in [1.82, 2.24) is 15.6 Å². The van der Waals surface area contributed by atoms with Crippen LogP contribution in [0.25, 0.3) is 11.1 Å². The molecule has 134 valence electrons. The monoisotopic (exact) mass is 356 g/mol. The number of nitrogens with one attached hydrogen (secondary N) is 3. The summed E-state index contributed by atoms with van der Waals surface area (Å²) in [5.74, 6) is -0.773. The molecule has 9 nitrogen and oxygen atoms in total. The minimum atomic E-state index is -0.509. The lowest BCUT2D eigenvalue weighted by molar-refractivity contribution is -0.123. The highest BCUT2D eigenvalue weighted by atomic mass is 16.3. The van der Waals surface area contributed by atoms with Gasteiger partial charge in [0.15, 0.2) is 17.2 Å². The van der Waals surface area contributed by atoms with Crippen molar-refractivity contribution < 1.29 is 23.2 Å². The summed E-state index contributed by atoms with van der Waals surface area (Å²) < 4.78 is 10.3. The Morgan fingerprint density at radius 2 is 1.88 bits per heavy atom. The van der Waals surface area contributed by atoms with E-state index in [1.807, 2.05) is 0 Å². The standard InChI is InChI=1S/C17H16N4O5/c1-10-20-12-7-11(4-5-13(12)26-10)21-16(23)9-18-15(22)8-19-17(24)14-3-2-6-25-14/h2-7H,8-9H2,1H3,(H,18,22)(H,19,24)(H,21,23). The third-order valence-corrected chi connectivity index (χ3v) is 3.38. The fourth-order valence-electron chi connectivity index (χ4n) is 2.22. The quantitative estimate of drug-likeness (QED) is 0.609. The average molecular weight is 356 g/mol. The van der Waals surface area contributed by atoms with Crippen molar-refractivity contribution in [3.05, 3.63) is 48.2 Å². The van der Waals surface area contributed by atoms with Crippen LogP contribution in [-0.2, 0) is 9.59 Å². The molecule has 0 unspecified atom stereocenters. The van der Waals surface area contributed by atoms with Crippen molar-refractivity contribution in [2.24, 2.45) is 0 Å². The molecule has 0 aliphatic heterocycles. The molecular formula is C17H16N4O5. The zero-order valence-corrected chi connectivity index (χ0v) is 13.9. The van der Waals surface area contributed by atoms with Crippen LogP contribution in [-0.4, -0.2) is 35.8 Å². The first-order valence-corrected chi connectivity index (χ1v) is 7.77. The van der Waals surface area contributed by atoms with Crippen molar-refractivity contribution >= 4 is 34.5 Å². The molecule has 0 saturated carbocycles. The second-order valence-corrected chi connectivity index (χ2v) is 5.40. The van der Waals surface area contributed by atoms with Gasteiger partial charge in [-0.15, -0.1) is 0 Å². The topological polar surface area (TPSA) is 126 Å². The summed E-state index contributed by atoms with van der Waals surface area (Å²) in [5, 5.41) is 7.45. The maximum Gasteiger partial charge on any atom is 0.287 e. The Bertz CT molecular complexity index is 945. The molecular weight excluding hydrogens is 340 g/mol. The van der Waals surface area contributed by atoms with E-state index in [1.165, 1.54) is 12.3 Å². The molecule has 2 heterocycles. The third kappa shape index (κ3) is 4.26. The van der Waals surface area contributed by atoms with Gasteiger partial charge in [-0.05, 0) is 30.3 Å². The van der Waals surface area contributed by atoms with Gasteiger partial charge in [0.25, 0.3) is 5.91 Å². The zero-order chi connectivity index (χ0) is 18.5. The number of nitrogens with zero attached hydrogens (tertiary/aromatic N) is 1. The van der Waals surface area contributed by atoms with Gasteiger partial charge in [0.2, 0.25) is 11.8 Å². The largest absolute Gasteiger partial charge is 0.459 e. The third-order valence-electron chi connectivity index (χ3n) is 3.38. The Labute approximate surface area is 147 Å². The molecule has 3 amide bonds. The van der Waals surface area contributed by atoms with Crippen LogP contribution in [0, 0.1) is 6.92 Å². The molecule has 1 aromatic carbocycles. The SMILES string of the molecule is Cc1nc2cc(NC(=O)CNC(=O)CNC(=O)c3ccco3)ccc2o1. The number of hydrogen-bond donors (Lipinski definition) is 3. The molecule has 9 heteroatoms. The van der Waals surface area contributed by atoms with E-state index in [9.17, 15) is 14.4 Å². The van der Waals surface area contributed by atoms with Crippen LogP contribution >= 0.6 is 0 Å². The first-order valence-electron chi connectivity index (χ1n) is 7.77. The van der Waals surface area contributed by atoms with Crippen molar-refractivity contribution in [3.63, 3.8) is 0 Å². The van der Waals surface area contributed by atoms with Gasteiger partial charge in [0.05, 0.1) is 19.4 Å². The summed E-state index contributed by atoms with van der Waals surface area (Å²) in [4.78, 5) is 39.4. The molecule has 0 bridgehead atoms. The van der Waals surface area contributed by atoms with Crippen LogP contribution in [0.4, 0.5) is 5.69 Å². The predicted molar refractivity (Wildman–Crippen MR) is 91.4 cm³/mol. The maximum absolute atomic E-state index is 11.9. The second-order valence-electron chi connectivity index (χ2n) is 5.40. The van der Waals surface area contributed by atoms with Crippen molar-refractivity contribution in [1.29, 1.82) is 0 Å². The van der Waals surface area contributed by atoms with Gasteiger partial charge in [-0.1, -0.05) is 0 Å². The molecule has 3 aromatic rings. The van der Waals surface area contributed by atoms with E-state index < -0.39 is 17.7 Å². The number of anilines is 1. The minimum absolute atomic E-state index is 0.106. The maximum atomic E-state index is 11.9. The minimum Gasteiger partial charge on any atom is -0.459 e. The number of carbonyl (C=O) groups excluding carboxylic acids is 3. The van der Waals surface area contributed by atoms with Gasteiger partial charge < -0.3 is 24.8 Å². The summed E-state index contributed by atoms with van der Waals surface area (Å²) in [6, 6.07) is 8.10. The molecule has 2 aromatic heterocycles. The number of rotatable bonds is 6. The number of furan rings is 1. The number of oxazole rings is 1. The predicted octanol–water partition coefficient (Wildman–Crippen LogP) is 1.21. The van der Waals surface area contributed by atoms with Crippen LogP contribution in [0.3, 0.4) is 0 Å². The van der Waals surface area contributed by atoms with E-state index in [-0.39, 0.29) is 18.8 Å². The fourth-order valence-corrected chi connectivity index (χ4v) is 2.22. The first kappa shape index (κ1) is 17.2. The Morgan fingerprint density at radius 3 is 2.65 bits per heavy atom. The summed E-state index contributed by atoms with van der Waals surface area (Å²) in [6.45, 7) is 1.24. The lowest BCUT2D eigenvalue weighted by Crippen LogP contribution is -2.40. The van der Waals surface area contributed by atoms with Crippen LogP contribution in [0.1, 0.15) is 16.4 Å². The lowest BCUT2D eigenvalue weighted by atomic mass is 10.3. The zero-order valence-electron chi connectivity index (χ0n) is 13.9. The molecule has 26 heavy (non-hydrogen) atoms. The normalized spacial score (nSPS) is 10.5.